The van der Waals surface area contributed by atoms with E-state index in [2.05, 4.69) is 41.0 Å². The van der Waals surface area contributed by atoms with Crippen LogP contribution >= 0.6 is 0 Å². The predicted octanol–water partition coefficient (Wildman–Crippen LogP) is 5.88. The van der Waals surface area contributed by atoms with Crippen LogP contribution in [0, 0.1) is 11.7 Å². The first kappa shape index (κ1) is 56.8. The van der Waals surface area contributed by atoms with Gasteiger partial charge in [0.25, 0.3) is 11.5 Å². The number of methoxy groups -OCH3 is 1. The fourth-order valence-corrected chi connectivity index (χ4v) is 11.2. The highest BCUT2D eigenvalue weighted by atomic mass is 19.1. The number of carboxylic acid groups (broad SMARTS) is 1. The number of pyridine rings is 2. The Morgan fingerprint density at radius 3 is 2.45 bits per heavy atom. The van der Waals surface area contributed by atoms with Gasteiger partial charge in [0, 0.05) is 150 Å². The number of aliphatic carboxylic acids is 1. The molecule has 3 aliphatic heterocycles. The summed E-state index contributed by atoms with van der Waals surface area (Å²) < 4.78 is 37.6. The topological polar surface area (TPSA) is 217 Å². The fourth-order valence-electron chi connectivity index (χ4n) is 11.2. The van der Waals surface area contributed by atoms with E-state index >= 15 is 4.39 Å². The van der Waals surface area contributed by atoms with Crippen LogP contribution in [0.5, 0.6) is 5.75 Å². The van der Waals surface area contributed by atoms with E-state index < -0.39 is 23.9 Å². The summed E-state index contributed by atoms with van der Waals surface area (Å²) in [6, 6.07) is 20.4. The molecule has 0 radical (unpaired) electrons. The molecule has 0 aliphatic carbocycles. The number of piperazine rings is 1. The smallest absolute Gasteiger partial charge is 0.323 e. The highest BCUT2D eigenvalue weighted by Crippen LogP contribution is 2.42. The Kier molecular flexibility index (Phi) is 18.0. The summed E-state index contributed by atoms with van der Waals surface area (Å²) in [5, 5.41) is 19.9. The van der Waals surface area contributed by atoms with Gasteiger partial charge in [0.05, 0.1) is 75.3 Å². The van der Waals surface area contributed by atoms with Crippen LogP contribution < -0.4 is 25.0 Å². The van der Waals surface area contributed by atoms with Gasteiger partial charge in [0.15, 0.2) is 5.82 Å². The molecule has 82 heavy (non-hydrogen) atoms. The lowest BCUT2D eigenvalue weighted by molar-refractivity contribution is -0.137. The number of hydrogen-bond acceptors (Lipinski definition) is 14. The fraction of sp³-hybridized carbons (Fsp3) is 0.400. The Hall–Kier alpha value is -8.47. The van der Waals surface area contributed by atoms with Crippen molar-refractivity contribution in [3.63, 3.8) is 0 Å². The number of nitrogens with one attached hydrogen (secondary N) is 1. The molecule has 0 spiro atoms. The lowest BCUT2D eigenvalue weighted by Crippen LogP contribution is -2.47. The van der Waals surface area contributed by atoms with Crippen LogP contribution in [0.15, 0.2) is 109 Å². The van der Waals surface area contributed by atoms with E-state index in [1.807, 2.05) is 60.9 Å². The van der Waals surface area contributed by atoms with Gasteiger partial charge in [-0.05, 0) is 60.7 Å². The summed E-state index contributed by atoms with van der Waals surface area (Å²) in [6.07, 6.45) is 12.6. The van der Waals surface area contributed by atoms with Crippen molar-refractivity contribution in [1.29, 1.82) is 0 Å². The summed E-state index contributed by atoms with van der Waals surface area (Å²) in [5.41, 5.74) is 4.76. The van der Waals surface area contributed by atoms with Crippen molar-refractivity contribution in [2.24, 2.45) is 5.92 Å². The van der Waals surface area contributed by atoms with Crippen molar-refractivity contribution in [3.8, 4) is 16.9 Å². The molecule has 430 valence electrons. The van der Waals surface area contributed by atoms with Gasteiger partial charge in [-0.1, -0.05) is 35.6 Å². The van der Waals surface area contributed by atoms with E-state index in [0.29, 0.717) is 85.8 Å². The summed E-state index contributed by atoms with van der Waals surface area (Å²) in [5.74, 6) is -1.93. The molecule has 3 aromatic carbocycles. The van der Waals surface area contributed by atoms with Crippen LogP contribution in [0.25, 0.3) is 38.4 Å². The molecule has 10 rings (SSSR count). The highest BCUT2D eigenvalue weighted by Gasteiger charge is 2.32. The molecule has 3 amide bonds. The average Bonchev–Trinajstić information content (AvgIpc) is 4.28. The quantitative estimate of drug-likeness (QED) is 0.0758. The molecule has 2 N–H and O–H groups in total. The number of nitrogens with zero attached hydrogens (tertiary/aromatic N) is 11. The first-order valence-corrected chi connectivity index (χ1v) is 27.8. The molecule has 4 aromatic heterocycles. The maximum absolute atomic E-state index is 16.8. The molecule has 22 heteroatoms. The van der Waals surface area contributed by atoms with Crippen molar-refractivity contribution in [3.05, 3.63) is 131 Å². The number of piperidine rings is 1. The van der Waals surface area contributed by atoms with Gasteiger partial charge in [-0.15, -0.1) is 5.10 Å². The number of hydrogen-bond donors (Lipinski definition) is 2. The van der Waals surface area contributed by atoms with E-state index in [9.17, 15) is 29.1 Å². The minimum Gasteiger partial charge on any atom is -0.496 e. The number of carbonyl (C=O) groups excluding carboxylic acids is 3. The normalized spacial score (nSPS) is 15.9. The Labute approximate surface area is 474 Å². The van der Waals surface area contributed by atoms with Gasteiger partial charge >= 0.3 is 5.97 Å². The second-order valence-corrected chi connectivity index (χ2v) is 21.0. The SMILES string of the molecule is COc1cc(N2CCN(CCOCCOCCN(C(=O)C3CCCN(c4cncc5ccccc45)C3)c3ccc(=O)n(CC(=O)O)c3)CC2)ccc1-c1cc(C2=CCCN(C(=O)CCn3ccnn3)C2)c(F)c2[nH]c(C(=O)N(C)C)cc12. The molecule has 2 fully saturated rings. The Morgan fingerprint density at radius 1 is 0.854 bits per heavy atom. The van der Waals surface area contributed by atoms with Crippen molar-refractivity contribution >= 4 is 68.0 Å². The van der Waals surface area contributed by atoms with E-state index in [1.54, 1.807) is 60.2 Å². The minimum atomic E-state index is -1.16. The van der Waals surface area contributed by atoms with E-state index in [0.717, 1.165) is 78.0 Å². The van der Waals surface area contributed by atoms with E-state index in [4.69, 9.17) is 14.2 Å². The number of amides is 3. The monoisotopic (exact) mass is 1120 g/mol. The zero-order valence-electron chi connectivity index (χ0n) is 46.5. The number of aromatic nitrogens is 6. The maximum atomic E-state index is 16.8. The summed E-state index contributed by atoms with van der Waals surface area (Å²) >= 11 is 0. The summed E-state index contributed by atoms with van der Waals surface area (Å²) in [6.45, 7) is 7.21. The van der Waals surface area contributed by atoms with Crippen LogP contribution in [0.3, 0.4) is 0 Å². The van der Waals surface area contributed by atoms with Crippen LogP contribution in [0.2, 0.25) is 0 Å². The van der Waals surface area contributed by atoms with Gasteiger partial charge in [-0.3, -0.25) is 38.5 Å². The Balaban J connectivity index is 0.732. The first-order chi connectivity index (χ1) is 39.8. The largest absolute Gasteiger partial charge is 0.496 e. The number of rotatable bonds is 22. The van der Waals surface area contributed by atoms with Crippen molar-refractivity contribution < 1.29 is 42.9 Å². The predicted molar refractivity (Wildman–Crippen MR) is 310 cm³/mol. The zero-order chi connectivity index (χ0) is 57.3. The molecule has 21 nitrogen and oxygen atoms in total. The van der Waals surface area contributed by atoms with Crippen molar-refractivity contribution in [2.45, 2.75) is 38.8 Å². The van der Waals surface area contributed by atoms with E-state index in [1.165, 1.54) is 17.2 Å². The van der Waals surface area contributed by atoms with Gasteiger partial charge in [-0.2, -0.15) is 0 Å². The van der Waals surface area contributed by atoms with Gasteiger partial charge in [-0.25, -0.2) is 4.39 Å². The number of H-pyrrole nitrogens is 1. The average molecular weight is 1120 g/mol. The summed E-state index contributed by atoms with van der Waals surface area (Å²) in [4.78, 5) is 84.5. The molecule has 7 heterocycles. The van der Waals surface area contributed by atoms with Gasteiger partial charge in [0.1, 0.15) is 18.0 Å². The zero-order valence-corrected chi connectivity index (χ0v) is 46.5. The third-order valence-electron chi connectivity index (χ3n) is 15.6. The first-order valence-electron chi connectivity index (χ1n) is 27.8. The number of ether oxygens (including phenoxy) is 3. The molecule has 0 bridgehead atoms. The molecule has 1 atom stereocenters. The molecule has 7 aromatic rings. The number of halogens is 1. The third kappa shape index (κ3) is 13.0. The maximum Gasteiger partial charge on any atom is 0.323 e. The van der Waals surface area contributed by atoms with Crippen LogP contribution in [0.4, 0.5) is 21.5 Å². The molecule has 1 unspecified atom stereocenters. The minimum absolute atomic E-state index is 0.0653. The molecule has 0 saturated carbocycles. The lowest BCUT2D eigenvalue weighted by Gasteiger charge is -2.36. The van der Waals surface area contributed by atoms with Crippen LogP contribution in [-0.4, -0.2) is 186 Å². The number of carboxylic acids is 1. The van der Waals surface area contributed by atoms with Gasteiger partial charge < -0.3 is 53.4 Å². The van der Waals surface area contributed by atoms with Crippen LogP contribution in [0.1, 0.15) is 41.7 Å². The lowest BCUT2D eigenvalue weighted by atomic mass is 9.92. The highest BCUT2D eigenvalue weighted by molar-refractivity contribution is 6.05. The molecular formula is C60H69FN12O9. The second kappa shape index (κ2) is 26.0. The number of carbonyl (C=O) groups is 4. The van der Waals surface area contributed by atoms with E-state index in [-0.39, 0.29) is 61.0 Å². The number of aryl methyl sites for hydroxylation is 1. The summed E-state index contributed by atoms with van der Waals surface area (Å²) in [7, 11) is 4.91. The van der Waals surface area contributed by atoms with Gasteiger partial charge in [0.2, 0.25) is 11.8 Å². The molecule has 2 saturated heterocycles. The third-order valence-corrected chi connectivity index (χ3v) is 15.6. The Morgan fingerprint density at radius 2 is 1.67 bits per heavy atom. The number of benzene rings is 3. The second-order valence-electron chi connectivity index (χ2n) is 21.0. The van der Waals surface area contributed by atoms with Crippen molar-refractivity contribution in [1.82, 2.24) is 44.2 Å². The number of aromatic amines is 1. The van der Waals surface area contributed by atoms with Crippen LogP contribution in [-0.2, 0) is 36.9 Å². The van der Waals surface area contributed by atoms with Crippen molar-refractivity contribution in [2.75, 3.05) is 128 Å². The number of fused-ring (bicyclic) bond motifs is 2. The molecular weight excluding hydrogens is 1050 g/mol. The standard InChI is InChI=1S/C60H69FN12O9/c1-66(2)60(79)51-34-50-49(33-48(57(61)58(50)64-51)42-9-6-19-70(37-42)55(75)16-20-72-21-17-63-65-72)47-14-12-44(32-53(47)80-3)68-24-22-67(23-25-68)26-28-81-30-31-82-29-27-73(45-13-15-54(74)71(39-45)40-56(76)77)59(78)43-10-7-18-69(38-43)52-36-62-35-41-8-4-5-11-46(41)52/h4-5,8-9,11-15,17,21,32-36,39,43,64H,6-7,10,16,18-20,22-31,37-38,40H2,1-3H3,(H,76,77). The Bertz CT molecular complexity index is 3520. The molecule has 3 aliphatic rings. The number of anilines is 3.